The van der Waals surface area contributed by atoms with Crippen LogP contribution < -0.4 is 5.73 Å². The molecule has 0 radical (unpaired) electrons. The van der Waals surface area contributed by atoms with Crippen molar-refractivity contribution in [2.24, 2.45) is 5.73 Å². The summed E-state index contributed by atoms with van der Waals surface area (Å²) in [6.07, 6.45) is 1.08. The first-order valence-electron chi connectivity index (χ1n) is 4.85. The maximum absolute atomic E-state index is 7.47. The topological polar surface area (TPSA) is 49.9 Å². The second-order valence-corrected chi connectivity index (χ2v) is 5.31. The van der Waals surface area contributed by atoms with Gasteiger partial charge in [0.15, 0.2) is 0 Å². The van der Waals surface area contributed by atoms with Crippen LogP contribution in [0.15, 0.2) is 23.1 Å². The Morgan fingerprint density at radius 3 is 2.80 bits per heavy atom. The van der Waals surface area contributed by atoms with Crippen molar-refractivity contribution in [1.29, 1.82) is 5.41 Å². The summed E-state index contributed by atoms with van der Waals surface area (Å²) in [6, 6.07) is 5.43. The molecule has 1 atom stereocenters. The summed E-state index contributed by atoms with van der Waals surface area (Å²) in [4.78, 5) is 0.990. The van der Waals surface area contributed by atoms with E-state index in [1.165, 1.54) is 0 Å². The SMILES string of the molecule is CCC(C)Sc1cc(Cl)ccc1C(=N)N. The van der Waals surface area contributed by atoms with Crippen molar-refractivity contribution in [3.8, 4) is 0 Å². The van der Waals surface area contributed by atoms with Crippen LogP contribution in [-0.4, -0.2) is 11.1 Å². The van der Waals surface area contributed by atoms with Gasteiger partial charge in [0.25, 0.3) is 0 Å². The van der Waals surface area contributed by atoms with E-state index in [-0.39, 0.29) is 5.84 Å². The summed E-state index contributed by atoms with van der Waals surface area (Å²) < 4.78 is 0. The van der Waals surface area contributed by atoms with E-state index in [4.69, 9.17) is 22.7 Å². The Balaban J connectivity index is 3.02. The van der Waals surface area contributed by atoms with Gasteiger partial charge >= 0.3 is 0 Å². The molecule has 1 rings (SSSR count). The van der Waals surface area contributed by atoms with Crippen LogP contribution >= 0.6 is 23.4 Å². The number of hydrogen-bond donors (Lipinski definition) is 2. The number of halogens is 1. The van der Waals surface area contributed by atoms with Crippen molar-refractivity contribution < 1.29 is 0 Å². The van der Waals surface area contributed by atoms with Gasteiger partial charge in [-0.25, -0.2) is 0 Å². The first kappa shape index (κ1) is 12.4. The predicted octanol–water partition coefficient (Wildman–Crippen LogP) is 3.51. The number of nitrogens with one attached hydrogen (secondary N) is 1. The third-order valence-electron chi connectivity index (χ3n) is 2.14. The molecule has 1 aromatic carbocycles. The molecular formula is C11H15ClN2S. The van der Waals surface area contributed by atoms with E-state index in [0.717, 1.165) is 16.9 Å². The fraction of sp³-hybridized carbons (Fsp3) is 0.364. The highest BCUT2D eigenvalue weighted by Gasteiger charge is 2.09. The highest BCUT2D eigenvalue weighted by molar-refractivity contribution is 8.00. The van der Waals surface area contributed by atoms with Crippen molar-refractivity contribution >= 4 is 29.2 Å². The molecule has 0 aliphatic rings. The zero-order valence-corrected chi connectivity index (χ0v) is 10.5. The minimum Gasteiger partial charge on any atom is -0.384 e. The normalized spacial score (nSPS) is 12.5. The van der Waals surface area contributed by atoms with Gasteiger partial charge in [-0.05, 0) is 24.6 Å². The summed E-state index contributed by atoms with van der Waals surface area (Å²) in [5, 5.41) is 8.66. The lowest BCUT2D eigenvalue weighted by atomic mass is 10.2. The Labute approximate surface area is 99.7 Å². The van der Waals surface area contributed by atoms with Gasteiger partial charge in [-0.2, -0.15) is 0 Å². The van der Waals surface area contributed by atoms with Crippen LogP contribution in [0.2, 0.25) is 5.02 Å². The third kappa shape index (κ3) is 3.43. The summed E-state index contributed by atoms with van der Waals surface area (Å²) in [5.74, 6) is 0.0949. The first-order valence-corrected chi connectivity index (χ1v) is 6.11. The number of hydrogen-bond acceptors (Lipinski definition) is 2. The minimum atomic E-state index is 0.0949. The van der Waals surface area contributed by atoms with Crippen molar-refractivity contribution in [2.75, 3.05) is 0 Å². The monoisotopic (exact) mass is 242 g/mol. The molecule has 4 heteroatoms. The van der Waals surface area contributed by atoms with E-state index >= 15 is 0 Å². The van der Waals surface area contributed by atoms with Gasteiger partial charge in [-0.1, -0.05) is 25.4 Å². The Morgan fingerprint density at radius 2 is 2.27 bits per heavy atom. The molecule has 0 amide bonds. The van der Waals surface area contributed by atoms with Crippen LogP contribution in [0.3, 0.4) is 0 Å². The van der Waals surface area contributed by atoms with Crippen LogP contribution in [0, 0.1) is 5.41 Å². The average Bonchev–Trinajstić information content (AvgIpc) is 2.17. The summed E-state index contributed by atoms with van der Waals surface area (Å²) in [5.41, 5.74) is 6.28. The molecule has 0 saturated carbocycles. The summed E-state index contributed by atoms with van der Waals surface area (Å²) in [7, 11) is 0. The van der Waals surface area contributed by atoms with Crippen molar-refractivity contribution in [1.82, 2.24) is 0 Å². The molecule has 1 aromatic rings. The fourth-order valence-corrected chi connectivity index (χ4v) is 2.45. The second-order valence-electron chi connectivity index (χ2n) is 3.39. The Morgan fingerprint density at radius 1 is 1.60 bits per heavy atom. The number of rotatable bonds is 4. The number of nitrogen functional groups attached to an aromatic ring is 1. The Hall–Kier alpha value is -0.670. The molecule has 0 bridgehead atoms. The van der Waals surface area contributed by atoms with Crippen molar-refractivity contribution in [2.45, 2.75) is 30.4 Å². The lowest BCUT2D eigenvalue weighted by molar-refractivity contribution is 0.905. The van der Waals surface area contributed by atoms with Crippen molar-refractivity contribution in [3.05, 3.63) is 28.8 Å². The highest BCUT2D eigenvalue weighted by atomic mass is 35.5. The van der Waals surface area contributed by atoms with Gasteiger partial charge in [0, 0.05) is 20.7 Å². The number of amidine groups is 1. The lowest BCUT2D eigenvalue weighted by Crippen LogP contribution is -2.12. The van der Waals surface area contributed by atoms with E-state index in [0.29, 0.717) is 10.3 Å². The molecule has 0 heterocycles. The highest BCUT2D eigenvalue weighted by Crippen LogP contribution is 2.30. The van der Waals surface area contributed by atoms with E-state index in [9.17, 15) is 0 Å². The summed E-state index contributed by atoms with van der Waals surface area (Å²) >= 11 is 7.63. The average molecular weight is 243 g/mol. The van der Waals surface area contributed by atoms with Gasteiger partial charge in [-0.3, -0.25) is 5.41 Å². The summed E-state index contributed by atoms with van der Waals surface area (Å²) in [6.45, 7) is 4.28. The fourth-order valence-electron chi connectivity index (χ4n) is 1.12. The van der Waals surface area contributed by atoms with Gasteiger partial charge in [0.1, 0.15) is 5.84 Å². The Bertz CT molecular complexity index is 366. The molecule has 0 spiro atoms. The largest absolute Gasteiger partial charge is 0.384 e. The zero-order chi connectivity index (χ0) is 11.4. The van der Waals surface area contributed by atoms with Crippen LogP contribution in [0.5, 0.6) is 0 Å². The van der Waals surface area contributed by atoms with Crippen LogP contribution in [0.25, 0.3) is 0 Å². The molecule has 0 saturated heterocycles. The number of benzene rings is 1. The van der Waals surface area contributed by atoms with Crippen molar-refractivity contribution in [3.63, 3.8) is 0 Å². The van der Waals surface area contributed by atoms with Gasteiger partial charge in [0.2, 0.25) is 0 Å². The minimum absolute atomic E-state index is 0.0949. The number of thioether (sulfide) groups is 1. The van der Waals surface area contributed by atoms with E-state index in [1.807, 2.05) is 6.07 Å². The van der Waals surface area contributed by atoms with E-state index in [1.54, 1.807) is 23.9 Å². The molecule has 3 N–H and O–H groups in total. The molecule has 15 heavy (non-hydrogen) atoms. The lowest BCUT2D eigenvalue weighted by Gasteiger charge is -2.12. The standard InChI is InChI=1S/C11H15ClN2S/c1-3-7(2)15-10-6-8(12)4-5-9(10)11(13)14/h4-7H,3H2,1-2H3,(H3,13,14). The molecule has 82 valence electrons. The Kier molecular flexibility index (Phi) is 4.48. The molecular weight excluding hydrogens is 228 g/mol. The van der Waals surface area contributed by atoms with Gasteiger partial charge in [-0.15, -0.1) is 11.8 Å². The molecule has 0 aromatic heterocycles. The van der Waals surface area contributed by atoms with Crippen LogP contribution in [0.4, 0.5) is 0 Å². The molecule has 2 nitrogen and oxygen atoms in total. The number of nitrogens with two attached hydrogens (primary N) is 1. The van der Waals surface area contributed by atoms with E-state index < -0.39 is 0 Å². The zero-order valence-electron chi connectivity index (χ0n) is 8.88. The smallest absolute Gasteiger partial charge is 0.123 e. The second kappa shape index (κ2) is 5.42. The van der Waals surface area contributed by atoms with Gasteiger partial charge < -0.3 is 5.73 Å². The maximum Gasteiger partial charge on any atom is 0.123 e. The van der Waals surface area contributed by atoms with E-state index in [2.05, 4.69) is 13.8 Å². The third-order valence-corrected chi connectivity index (χ3v) is 3.70. The molecule has 0 aliphatic heterocycles. The molecule has 0 fully saturated rings. The first-order chi connectivity index (χ1) is 7.04. The molecule has 1 unspecified atom stereocenters. The predicted molar refractivity (Wildman–Crippen MR) is 68.1 cm³/mol. The molecule has 0 aliphatic carbocycles. The van der Waals surface area contributed by atoms with Crippen LogP contribution in [-0.2, 0) is 0 Å². The van der Waals surface area contributed by atoms with Crippen LogP contribution in [0.1, 0.15) is 25.8 Å². The quantitative estimate of drug-likeness (QED) is 0.482. The maximum atomic E-state index is 7.47. The van der Waals surface area contributed by atoms with Gasteiger partial charge in [0.05, 0.1) is 0 Å².